The van der Waals surface area contributed by atoms with E-state index in [9.17, 15) is 19.1 Å². The Bertz CT molecular complexity index is 1140. The van der Waals surface area contributed by atoms with Crippen LogP contribution in [-0.4, -0.2) is 31.2 Å². The molecule has 0 saturated heterocycles. The van der Waals surface area contributed by atoms with Crippen molar-refractivity contribution in [3.05, 3.63) is 63.6 Å². The summed E-state index contributed by atoms with van der Waals surface area (Å²) in [6.45, 7) is 0. The van der Waals surface area contributed by atoms with Gasteiger partial charge in [0.05, 0.1) is 19.9 Å². The molecule has 0 aliphatic carbocycles. The second-order valence-corrected chi connectivity index (χ2v) is 7.82. The number of hydrogen-bond donors (Lipinski definition) is 2. The molecule has 154 valence electrons. The van der Waals surface area contributed by atoms with E-state index in [-0.39, 0.29) is 17.2 Å². The second-order valence-electron chi connectivity index (χ2n) is 6.77. The Morgan fingerprint density at radius 1 is 1.17 bits per heavy atom. The van der Waals surface area contributed by atoms with Crippen molar-refractivity contribution in [3.8, 4) is 22.6 Å². The topological polar surface area (TPSA) is 84.9 Å². The smallest absolute Gasteiger partial charge is 0.346 e. The van der Waals surface area contributed by atoms with Crippen LogP contribution in [0.2, 0.25) is 0 Å². The van der Waals surface area contributed by atoms with Gasteiger partial charge in [0.1, 0.15) is 22.2 Å². The molecule has 0 saturated carbocycles. The van der Waals surface area contributed by atoms with Gasteiger partial charge >= 0.3 is 5.97 Å². The number of halogens is 1. The number of carboxylic acid groups (broad SMARTS) is 1. The number of carbonyl (C=O) groups excluding carboxylic acids is 1. The summed E-state index contributed by atoms with van der Waals surface area (Å²) in [5, 5.41) is 12.6. The minimum absolute atomic E-state index is 0.0840. The zero-order valence-corrected chi connectivity index (χ0v) is 17.0. The first-order valence-electron chi connectivity index (χ1n) is 9.10. The van der Waals surface area contributed by atoms with Crippen molar-refractivity contribution >= 4 is 28.9 Å². The number of ether oxygens (including phenoxy) is 2. The van der Waals surface area contributed by atoms with Crippen molar-refractivity contribution in [2.75, 3.05) is 19.5 Å². The van der Waals surface area contributed by atoms with E-state index >= 15 is 0 Å². The van der Waals surface area contributed by atoms with Crippen molar-refractivity contribution < 1.29 is 28.6 Å². The number of benzene rings is 2. The lowest BCUT2D eigenvalue weighted by Gasteiger charge is -2.25. The van der Waals surface area contributed by atoms with Crippen LogP contribution in [0.3, 0.4) is 0 Å². The molecule has 8 heteroatoms. The number of methoxy groups -OCH3 is 2. The van der Waals surface area contributed by atoms with Crippen molar-refractivity contribution in [3.63, 3.8) is 0 Å². The average molecular weight is 427 g/mol. The fraction of sp³-hybridized carbons (Fsp3) is 0.182. The number of fused-ring (bicyclic) bond motifs is 1. The summed E-state index contributed by atoms with van der Waals surface area (Å²) in [6.07, 6.45) is 0.138. The lowest BCUT2D eigenvalue weighted by Crippen LogP contribution is -2.22. The lowest BCUT2D eigenvalue weighted by atomic mass is 9.88. The third-order valence-corrected chi connectivity index (χ3v) is 6.34. The standard InChI is InChI=1S/C22H18FNO5S/c1-28-13-7-8-16(29-2)14(9-13)15-10-17(25)24-19-18(11-3-5-12(23)6-4-11)21(22(26)27)30-20(15)19/h3-9,15H,10H2,1-2H3,(H,24,25)(H,26,27)/t15-/m0/s1. The minimum atomic E-state index is -1.11. The molecule has 1 aliphatic rings. The Labute approximate surface area is 175 Å². The van der Waals surface area contributed by atoms with E-state index in [1.165, 1.54) is 31.4 Å². The summed E-state index contributed by atoms with van der Waals surface area (Å²) in [7, 11) is 3.08. The molecule has 30 heavy (non-hydrogen) atoms. The predicted octanol–water partition coefficient (Wildman–Crippen LogP) is 4.74. The Kier molecular flexibility index (Phi) is 5.17. The molecule has 0 spiro atoms. The zero-order valence-electron chi connectivity index (χ0n) is 16.2. The van der Waals surface area contributed by atoms with Gasteiger partial charge in [0.2, 0.25) is 5.91 Å². The van der Waals surface area contributed by atoms with E-state index in [1.807, 2.05) is 0 Å². The molecular weight excluding hydrogens is 409 g/mol. The molecule has 0 radical (unpaired) electrons. The Morgan fingerprint density at radius 3 is 2.53 bits per heavy atom. The fourth-order valence-electron chi connectivity index (χ4n) is 3.69. The van der Waals surface area contributed by atoms with E-state index in [2.05, 4.69) is 5.32 Å². The van der Waals surface area contributed by atoms with E-state index in [0.29, 0.717) is 33.2 Å². The van der Waals surface area contributed by atoms with E-state index in [0.717, 1.165) is 16.9 Å². The highest BCUT2D eigenvalue weighted by Crippen LogP contribution is 2.51. The highest BCUT2D eigenvalue weighted by molar-refractivity contribution is 7.15. The number of anilines is 1. The molecule has 1 atom stereocenters. The fourth-order valence-corrected chi connectivity index (χ4v) is 4.93. The van der Waals surface area contributed by atoms with Gasteiger partial charge in [-0.1, -0.05) is 12.1 Å². The Balaban J connectivity index is 1.95. The molecule has 1 amide bonds. The summed E-state index contributed by atoms with van der Waals surface area (Å²) in [5.74, 6) is -1.00. The highest BCUT2D eigenvalue weighted by atomic mass is 32.1. The van der Waals surface area contributed by atoms with Gasteiger partial charge in [0, 0.05) is 28.3 Å². The molecule has 1 aliphatic heterocycles. The van der Waals surface area contributed by atoms with E-state index < -0.39 is 17.7 Å². The molecule has 2 heterocycles. The van der Waals surface area contributed by atoms with Crippen LogP contribution in [0.15, 0.2) is 42.5 Å². The molecule has 0 bridgehead atoms. The van der Waals surface area contributed by atoms with Crippen molar-refractivity contribution in [2.24, 2.45) is 0 Å². The monoisotopic (exact) mass is 427 g/mol. The first-order valence-corrected chi connectivity index (χ1v) is 9.92. The highest BCUT2D eigenvalue weighted by Gasteiger charge is 2.35. The maximum Gasteiger partial charge on any atom is 0.346 e. The predicted molar refractivity (Wildman–Crippen MR) is 111 cm³/mol. The van der Waals surface area contributed by atoms with Crippen LogP contribution < -0.4 is 14.8 Å². The molecule has 3 aromatic rings. The zero-order chi connectivity index (χ0) is 21.4. The maximum absolute atomic E-state index is 13.4. The van der Waals surface area contributed by atoms with Gasteiger partial charge in [-0.3, -0.25) is 4.79 Å². The van der Waals surface area contributed by atoms with Gasteiger partial charge in [0.15, 0.2) is 0 Å². The average Bonchev–Trinajstić information content (AvgIpc) is 3.13. The van der Waals surface area contributed by atoms with Gasteiger partial charge in [-0.05, 0) is 35.9 Å². The molecule has 0 fully saturated rings. The number of nitrogens with one attached hydrogen (secondary N) is 1. The molecule has 1 aromatic heterocycles. The number of carboxylic acids is 1. The third kappa shape index (κ3) is 3.39. The lowest BCUT2D eigenvalue weighted by molar-refractivity contribution is -0.116. The van der Waals surface area contributed by atoms with Crippen molar-refractivity contribution in [1.82, 2.24) is 0 Å². The number of aromatic carboxylic acids is 1. The molecule has 0 unspecified atom stereocenters. The van der Waals surface area contributed by atoms with Crippen LogP contribution in [-0.2, 0) is 4.79 Å². The largest absolute Gasteiger partial charge is 0.497 e. The molecule has 6 nitrogen and oxygen atoms in total. The maximum atomic E-state index is 13.4. The summed E-state index contributed by atoms with van der Waals surface area (Å²) in [5.41, 5.74) is 2.07. The second kappa shape index (κ2) is 7.79. The quantitative estimate of drug-likeness (QED) is 0.614. The van der Waals surface area contributed by atoms with Crippen LogP contribution in [0.4, 0.5) is 10.1 Å². The summed E-state index contributed by atoms with van der Waals surface area (Å²) in [6, 6.07) is 10.8. The number of hydrogen-bond acceptors (Lipinski definition) is 5. The van der Waals surface area contributed by atoms with Gasteiger partial charge < -0.3 is 19.9 Å². The third-order valence-electron chi connectivity index (χ3n) is 5.05. The SMILES string of the molecule is COc1ccc(OC)c([C@@H]2CC(=O)Nc3c2sc(C(=O)O)c3-c2ccc(F)cc2)c1. The van der Waals surface area contributed by atoms with Crippen molar-refractivity contribution in [1.29, 1.82) is 0 Å². The Hall–Kier alpha value is -3.39. The van der Waals surface area contributed by atoms with Crippen LogP contribution in [0.1, 0.15) is 32.5 Å². The van der Waals surface area contributed by atoms with Gasteiger partial charge in [0.25, 0.3) is 0 Å². The summed E-state index contributed by atoms with van der Waals surface area (Å²) < 4.78 is 24.2. The number of rotatable bonds is 5. The molecular formula is C22H18FNO5S. The number of amides is 1. The first kappa shape index (κ1) is 19.9. The summed E-state index contributed by atoms with van der Waals surface area (Å²) in [4.78, 5) is 25.4. The molecule has 4 rings (SSSR count). The summed E-state index contributed by atoms with van der Waals surface area (Å²) >= 11 is 1.10. The van der Waals surface area contributed by atoms with Gasteiger partial charge in [-0.25, -0.2) is 9.18 Å². The normalized spacial score (nSPS) is 15.3. The van der Waals surface area contributed by atoms with Gasteiger partial charge in [-0.15, -0.1) is 11.3 Å². The van der Waals surface area contributed by atoms with Crippen LogP contribution in [0, 0.1) is 5.82 Å². The molecule has 2 N–H and O–H groups in total. The van der Waals surface area contributed by atoms with Crippen molar-refractivity contribution in [2.45, 2.75) is 12.3 Å². The molecule has 2 aromatic carbocycles. The number of thiophene rings is 1. The Morgan fingerprint density at radius 2 is 1.90 bits per heavy atom. The number of carbonyl (C=O) groups is 2. The van der Waals surface area contributed by atoms with E-state index in [1.54, 1.807) is 25.3 Å². The minimum Gasteiger partial charge on any atom is -0.497 e. The van der Waals surface area contributed by atoms with E-state index in [4.69, 9.17) is 9.47 Å². The van der Waals surface area contributed by atoms with Crippen LogP contribution in [0.5, 0.6) is 11.5 Å². The first-order chi connectivity index (χ1) is 14.4. The van der Waals surface area contributed by atoms with Crippen LogP contribution >= 0.6 is 11.3 Å². The van der Waals surface area contributed by atoms with Crippen LogP contribution in [0.25, 0.3) is 11.1 Å². The van der Waals surface area contributed by atoms with Gasteiger partial charge in [-0.2, -0.15) is 0 Å².